The second kappa shape index (κ2) is 7.57. The van der Waals surface area contributed by atoms with Crippen molar-refractivity contribution in [3.05, 3.63) is 89.8 Å². The molecule has 3 aromatic rings. The number of hydrogen-bond donors (Lipinski definition) is 1. The van der Waals surface area contributed by atoms with E-state index in [1.807, 2.05) is 30.3 Å². The van der Waals surface area contributed by atoms with Crippen molar-refractivity contribution in [2.24, 2.45) is 0 Å². The molecule has 3 nitrogen and oxygen atoms in total. The minimum absolute atomic E-state index is 0.107. The Morgan fingerprint density at radius 1 is 0.885 bits per heavy atom. The van der Waals surface area contributed by atoms with Crippen LogP contribution in [0.15, 0.2) is 72.8 Å². The lowest BCUT2D eigenvalue weighted by Gasteiger charge is -2.12. The zero-order valence-corrected chi connectivity index (χ0v) is 13.7. The number of carboxylic acid groups (broad SMARTS) is 1. The first-order valence-electron chi connectivity index (χ1n) is 7.94. The highest BCUT2D eigenvalue weighted by atomic mass is 19.1. The highest BCUT2D eigenvalue weighted by Gasteiger charge is 2.12. The van der Waals surface area contributed by atoms with Crippen LogP contribution in [0.3, 0.4) is 0 Å². The first-order chi connectivity index (χ1) is 12.6. The number of aldehydes is 1. The predicted molar refractivity (Wildman–Crippen MR) is 99.3 cm³/mol. The second-order valence-electron chi connectivity index (χ2n) is 5.66. The van der Waals surface area contributed by atoms with Crippen LogP contribution >= 0.6 is 0 Å². The quantitative estimate of drug-likeness (QED) is 0.518. The molecule has 0 unspecified atom stereocenters. The van der Waals surface area contributed by atoms with Gasteiger partial charge in [-0.05, 0) is 58.2 Å². The Bertz CT molecular complexity index is 1010. The van der Waals surface area contributed by atoms with Crippen LogP contribution in [0.5, 0.6) is 0 Å². The normalized spacial score (nSPS) is 10.8. The largest absolute Gasteiger partial charge is 0.478 e. The van der Waals surface area contributed by atoms with Crippen LogP contribution in [0.25, 0.3) is 28.3 Å². The number of carbonyl (C=O) groups excluding carboxylic acids is 1. The van der Waals surface area contributed by atoms with E-state index in [-0.39, 0.29) is 11.4 Å². The van der Waals surface area contributed by atoms with Gasteiger partial charge in [0.2, 0.25) is 0 Å². The summed E-state index contributed by atoms with van der Waals surface area (Å²) in [5.41, 5.74) is 3.72. The first-order valence-corrected chi connectivity index (χ1v) is 7.94. The molecule has 128 valence electrons. The lowest BCUT2D eigenvalue weighted by Crippen LogP contribution is -2.00. The molecule has 0 aromatic heterocycles. The number of benzene rings is 3. The molecule has 3 rings (SSSR count). The number of carbonyl (C=O) groups is 2. The van der Waals surface area contributed by atoms with Crippen LogP contribution in [0, 0.1) is 5.82 Å². The van der Waals surface area contributed by atoms with Crippen LogP contribution < -0.4 is 0 Å². The SMILES string of the molecule is O=CC=Cc1cc(-c2ccccc2-c2cccc(F)c2)ccc1C(=O)O. The highest BCUT2D eigenvalue weighted by molar-refractivity contribution is 5.95. The number of rotatable bonds is 5. The van der Waals surface area contributed by atoms with E-state index < -0.39 is 5.97 Å². The second-order valence-corrected chi connectivity index (χ2v) is 5.66. The van der Waals surface area contributed by atoms with Crippen molar-refractivity contribution < 1.29 is 19.1 Å². The van der Waals surface area contributed by atoms with Crippen molar-refractivity contribution in [1.29, 1.82) is 0 Å². The maximum Gasteiger partial charge on any atom is 0.336 e. The molecule has 0 spiro atoms. The molecular formula is C22H15FO3. The zero-order valence-electron chi connectivity index (χ0n) is 13.7. The molecule has 1 N–H and O–H groups in total. The molecule has 0 atom stereocenters. The average molecular weight is 346 g/mol. The van der Waals surface area contributed by atoms with Crippen molar-refractivity contribution in [2.45, 2.75) is 0 Å². The third-order valence-electron chi connectivity index (χ3n) is 4.01. The Labute approximate surface area is 150 Å². The summed E-state index contributed by atoms with van der Waals surface area (Å²) in [5.74, 6) is -1.39. The maximum atomic E-state index is 13.6. The molecule has 0 saturated carbocycles. The monoisotopic (exact) mass is 346 g/mol. The summed E-state index contributed by atoms with van der Waals surface area (Å²) in [6.45, 7) is 0. The standard InChI is InChI=1S/C22H15FO3/c23-18-7-3-5-16(14-18)19-8-1-2-9-20(19)17-10-11-21(22(25)26)15(13-17)6-4-12-24/h1-14H,(H,25,26). The van der Waals surface area contributed by atoms with Gasteiger partial charge in [-0.3, -0.25) is 4.79 Å². The Morgan fingerprint density at radius 2 is 1.58 bits per heavy atom. The molecule has 0 fully saturated rings. The van der Waals surface area contributed by atoms with Gasteiger partial charge in [0.05, 0.1) is 5.56 Å². The minimum atomic E-state index is -1.07. The van der Waals surface area contributed by atoms with Gasteiger partial charge < -0.3 is 5.11 Å². The van der Waals surface area contributed by atoms with Crippen LogP contribution in [-0.4, -0.2) is 17.4 Å². The molecule has 0 aliphatic carbocycles. The van der Waals surface area contributed by atoms with Crippen LogP contribution in [0.1, 0.15) is 15.9 Å². The van der Waals surface area contributed by atoms with Gasteiger partial charge in [0.1, 0.15) is 12.1 Å². The zero-order chi connectivity index (χ0) is 18.5. The van der Waals surface area contributed by atoms with E-state index in [4.69, 9.17) is 0 Å². The van der Waals surface area contributed by atoms with E-state index in [0.717, 1.165) is 22.3 Å². The van der Waals surface area contributed by atoms with E-state index in [9.17, 15) is 19.1 Å². The lowest BCUT2D eigenvalue weighted by atomic mass is 9.92. The molecule has 0 amide bonds. The molecule has 0 aliphatic heterocycles. The van der Waals surface area contributed by atoms with Crippen molar-refractivity contribution in [3.63, 3.8) is 0 Å². The molecular weight excluding hydrogens is 331 g/mol. The average Bonchev–Trinajstić information content (AvgIpc) is 2.66. The van der Waals surface area contributed by atoms with Gasteiger partial charge >= 0.3 is 5.97 Å². The van der Waals surface area contributed by atoms with Gasteiger partial charge in [0.15, 0.2) is 0 Å². The highest BCUT2D eigenvalue weighted by Crippen LogP contribution is 2.33. The summed E-state index contributed by atoms with van der Waals surface area (Å²) in [5, 5.41) is 9.33. The van der Waals surface area contributed by atoms with Gasteiger partial charge in [-0.2, -0.15) is 0 Å². The molecule has 0 aliphatic rings. The Hall–Kier alpha value is -3.53. The van der Waals surface area contributed by atoms with E-state index in [1.54, 1.807) is 18.2 Å². The third-order valence-corrected chi connectivity index (χ3v) is 4.01. The van der Waals surface area contributed by atoms with Gasteiger partial charge in [-0.15, -0.1) is 0 Å². The fourth-order valence-electron chi connectivity index (χ4n) is 2.85. The summed E-state index contributed by atoms with van der Waals surface area (Å²) in [6, 6.07) is 18.7. The van der Waals surface area contributed by atoms with Crippen LogP contribution in [-0.2, 0) is 4.79 Å². The topological polar surface area (TPSA) is 54.4 Å². The molecule has 0 heterocycles. The van der Waals surface area contributed by atoms with Crippen molar-refractivity contribution in [3.8, 4) is 22.3 Å². The Morgan fingerprint density at radius 3 is 2.19 bits per heavy atom. The smallest absolute Gasteiger partial charge is 0.336 e. The molecule has 3 aromatic carbocycles. The Kier molecular flexibility index (Phi) is 5.04. The van der Waals surface area contributed by atoms with Crippen molar-refractivity contribution in [2.75, 3.05) is 0 Å². The first kappa shape index (κ1) is 17.3. The van der Waals surface area contributed by atoms with Gasteiger partial charge in [-0.1, -0.05) is 48.5 Å². The predicted octanol–water partition coefficient (Wildman–Crippen LogP) is 5.07. The van der Waals surface area contributed by atoms with Crippen molar-refractivity contribution >= 4 is 18.3 Å². The minimum Gasteiger partial charge on any atom is -0.478 e. The lowest BCUT2D eigenvalue weighted by molar-refractivity contribution is -0.104. The van der Waals surface area contributed by atoms with Gasteiger partial charge in [-0.25, -0.2) is 9.18 Å². The number of hydrogen-bond acceptors (Lipinski definition) is 2. The summed E-state index contributed by atoms with van der Waals surface area (Å²) in [6.07, 6.45) is 3.31. The van der Waals surface area contributed by atoms with E-state index in [1.165, 1.54) is 30.4 Å². The van der Waals surface area contributed by atoms with E-state index in [0.29, 0.717) is 11.8 Å². The fourth-order valence-corrected chi connectivity index (χ4v) is 2.85. The summed E-state index contributed by atoms with van der Waals surface area (Å²) < 4.78 is 13.6. The number of allylic oxidation sites excluding steroid dienone is 1. The van der Waals surface area contributed by atoms with E-state index >= 15 is 0 Å². The molecule has 26 heavy (non-hydrogen) atoms. The number of halogens is 1. The summed E-state index contributed by atoms with van der Waals surface area (Å²) in [7, 11) is 0. The summed E-state index contributed by atoms with van der Waals surface area (Å²) >= 11 is 0. The molecule has 4 heteroatoms. The van der Waals surface area contributed by atoms with Crippen LogP contribution in [0.2, 0.25) is 0 Å². The fraction of sp³-hybridized carbons (Fsp3) is 0. The van der Waals surface area contributed by atoms with Crippen molar-refractivity contribution in [1.82, 2.24) is 0 Å². The maximum absolute atomic E-state index is 13.6. The molecule has 0 radical (unpaired) electrons. The molecule has 0 saturated heterocycles. The van der Waals surface area contributed by atoms with E-state index in [2.05, 4.69) is 0 Å². The van der Waals surface area contributed by atoms with Gasteiger partial charge in [0, 0.05) is 0 Å². The third kappa shape index (κ3) is 3.59. The number of carboxylic acids is 1. The summed E-state index contributed by atoms with van der Waals surface area (Å²) in [4.78, 5) is 22.0. The van der Waals surface area contributed by atoms with Gasteiger partial charge in [0.25, 0.3) is 0 Å². The molecule has 0 bridgehead atoms. The van der Waals surface area contributed by atoms with Crippen LogP contribution in [0.4, 0.5) is 4.39 Å². The Balaban J connectivity index is 2.17. The number of aromatic carboxylic acids is 1.